The SMILES string of the molecule is Cl.O=C(CCN1CCN(Cc2ccccc2)CC1)Nc1ccc2c(c1)CCC2. The van der Waals surface area contributed by atoms with Crippen LogP contribution in [0.1, 0.15) is 29.5 Å². The third kappa shape index (κ3) is 5.57. The molecular formula is C23H30ClN3O. The fraction of sp³-hybridized carbons (Fsp3) is 0.435. The van der Waals surface area contributed by atoms with Crippen molar-refractivity contribution < 1.29 is 4.79 Å². The zero-order valence-electron chi connectivity index (χ0n) is 16.4. The van der Waals surface area contributed by atoms with Gasteiger partial charge >= 0.3 is 0 Å². The van der Waals surface area contributed by atoms with Crippen LogP contribution < -0.4 is 5.32 Å². The Labute approximate surface area is 174 Å². The molecule has 1 aliphatic heterocycles. The summed E-state index contributed by atoms with van der Waals surface area (Å²) in [5.41, 5.74) is 5.18. The van der Waals surface area contributed by atoms with Crippen LogP contribution in [-0.4, -0.2) is 48.4 Å². The molecule has 0 radical (unpaired) electrons. The van der Waals surface area contributed by atoms with Crippen LogP contribution in [0, 0.1) is 0 Å². The van der Waals surface area contributed by atoms with Crippen molar-refractivity contribution in [1.29, 1.82) is 0 Å². The van der Waals surface area contributed by atoms with Crippen molar-refractivity contribution in [3.05, 3.63) is 65.2 Å². The van der Waals surface area contributed by atoms with Crippen molar-refractivity contribution in [2.75, 3.05) is 38.0 Å². The van der Waals surface area contributed by atoms with Gasteiger partial charge < -0.3 is 10.2 Å². The van der Waals surface area contributed by atoms with Gasteiger partial charge in [0.15, 0.2) is 0 Å². The molecule has 1 heterocycles. The van der Waals surface area contributed by atoms with Gasteiger partial charge in [0.2, 0.25) is 5.91 Å². The van der Waals surface area contributed by atoms with E-state index in [9.17, 15) is 4.79 Å². The third-order valence-electron chi connectivity index (χ3n) is 5.75. The molecule has 0 unspecified atom stereocenters. The van der Waals surface area contributed by atoms with Crippen LogP contribution in [0.15, 0.2) is 48.5 Å². The lowest BCUT2D eigenvalue weighted by atomic mass is 10.1. The third-order valence-corrected chi connectivity index (χ3v) is 5.75. The average Bonchev–Trinajstić information content (AvgIpc) is 3.16. The number of hydrogen-bond acceptors (Lipinski definition) is 3. The van der Waals surface area contributed by atoms with E-state index < -0.39 is 0 Å². The van der Waals surface area contributed by atoms with Crippen LogP contribution in [-0.2, 0) is 24.2 Å². The maximum Gasteiger partial charge on any atom is 0.225 e. The molecule has 4 nitrogen and oxygen atoms in total. The van der Waals surface area contributed by atoms with Crippen molar-refractivity contribution in [3.8, 4) is 0 Å². The Kier molecular flexibility index (Phi) is 7.49. The van der Waals surface area contributed by atoms with E-state index in [1.165, 1.54) is 29.5 Å². The standard InChI is InChI=1S/C23H29N3O.ClH/c27-23(24-22-10-9-20-7-4-8-21(20)17-22)11-12-25-13-15-26(16-14-25)18-19-5-2-1-3-6-19;/h1-3,5-6,9-10,17H,4,7-8,11-16,18H2,(H,24,27);1H. The molecule has 0 aromatic heterocycles. The first-order valence-electron chi connectivity index (χ1n) is 10.2. The van der Waals surface area contributed by atoms with Gasteiger partial charge in [0.05, 0.1) is 0 Å². The van der Waals surface area contributed by atoms with Gasteiger partial charge in [-0.05, 0) is 48.1 Å². The van der Waals surface area contributed by atoms with E-state index >= 15 is 0 Å². The number of halogens is 1. The van der Waals surface area contributed by atoms with Gasteiger partial charge in [-0.1, -0.05) is 36.4 Å². The highest BCUT2D eigenvalue weighted by Crippen LogP contribution is 2.24. The number of carbonyl (C=O) groups is 1. The van der Waals surface area contributed by atoms with E-state index in [-0.39, 0.29) is 18.3 Å². The molecule has 1 fully saturated rings. The van der Waals surface area contributed by atoms with Crippen LogP contribution in [0.2, 0.25) is 0 Å². The Morgan fingerprint density at radius 1 is 0.893 bits per heavy atom. The van der Waals surface area contributed by atoms with Crippen molar-refractivity contribution in [1.82, 2.24) is 9.80 Å². The van der Waals surface area contributed by atoms with Gasteiger partial charge in [-0.15, -0.1) is 12.4 Å². The first kappa shape index (κ1) is 20.8. The lowest BCUT2D eigenvalue weighted by molar-refractivity contribution is -0.116. The molecule has 0 saturated carbocycles. The number of fused-ring (bicyclic) bond motifs is 1. The lowest BCUT2D eigenvalue weighted by Crippen LogP contribution is -2.46. The zero-order valence-corrected chi connectivity index (χ0v) is 17.2. The van der Waals surface area contributed by atoms with E-state index in [4.69, 9.17) is 0 Å². The van der Waals surface area contributed by atoms with Gasteiger partial charge in [-0.2, -0.15) is 0 Å². The summed E-state index contributed by atoms with van der Waals surface area (Å²) in [5, 5.41) is 3.08. The zero-order chi connectivity index (χ0) is 18.5. The highest BCUT2D eigenvalue weighted by molar-refractivity contribution is 5.91. The molecule has 0 spiro atoms. The summed E-state index contributed by atoms with van der Waals surface area (Å²) in [6, 6.07) is 17.0. The topological polar surface area (TPSA) is 35.6 Å². The molecule has 1 N–H and O–H groups in total. The van der Waals surface area contributed by atoms with Crippen molar-refractivity contribution in [2.45, 2.75) is 32.2 Å². The summed E-state index contributed by atoms with van der Waals surface area (Å²) < 4.78 is 0. The summed E-state index contributed by atoms with van der Waals surface area (Å²) in [5.74, 6) is 0.125. The van der Waals surface area contributed by atoms with Crippen molar-refractivity contribution in [2.24, 2.45) is 0 Å². The van der Waals surface area contributed by atoms with E-state index in [0.717, 1.165) is 51.4 Å². The molecule has 2 aromatic carbocycles. The number of anilines is 1. The predicted octanol–water partition coefficient (Wildman–Crippen LogP) is 3.74. The van der Waals surface area contributed by atoms with Crippen molar-refractivity contribution >= 4 is 24.0 Å². The molecule has 5 heteroatoms. The summed E-state index contributed by atoms with van der Waals surface area (Å²) in [6.07, 6.45) is 4.13. The summed E-state index contributed by atoms with van der Waals surface area (Å²) in [7, 11) is 0. The predicted molar refractivity (Wildman–Crippen MR) is 117 cm³/mol. The number of rotatable bonds is 6. The number of nitrogens with one attached hydrogen (secondary N) is 1. The maximum absolute atomic E-state index is 12.3. The molecular weight excluding hydrogens is 370 g/mol. The van der Waals surface area contributed by atoms with Crippen LogP contribution in [0.4, 0.5) is 5.69 Å². The molecule has 0 atom stereocenters. The molecule has 1 aliphatic carbocycles. The number of benzene rings is 2. The van der Waals surface area contributed by atoms with Crippen LogP contribution >= 0.6 is 12.4 Å². The molecule has 2 aromatic rings. The molecule has 1 saturated heterocycles. The molecule has 1 amide bonds. The first-order chi connectivity index (χ1) is 13.3. The van der Waals surface area contributed by atoms with Gasteiger partial charge in [-0.25, -0.2) is 0 Å². The number of nitrogens with zero attached hydrogens (tertiary/aromatic N) is 2. The lowest BCUT2D eigenvalue weighted by Gasteiger charge is -2.34. The fourth-order valence-electron chi connectivity index (χ4n) is 4.15. The second kappa shape index (κ2) is 10.1. The van der Waals surface area contributed by atoms with E-state index in [1.54, 1.807) is 0 Å². The van der Waals surface area contributed by atoms with Crippen LogP contribution in [0.3, 0.4) is 0 Å². The highest BCUT2D eigenvalue weighted by atomic mass is 35.5. The van der Waals surface area contributed by atoms with Crippen LogP contribution in [0.5, 0.6) is 0 Å². The molecule has 150 valence electrons. The number of hydrogen-bond donors (Lipinski definition) is 1. The molecule has 28 heavy (non-hydrogen) atoms. The molecule has 2 aliphatic rings. The van der Waals surface area contributed by atoms with Crippen LogP contribution in [0.25, 0.3) is 0 Å². The summed E-state index contributed by atoms with van der Waals surface area (Å²) >= 11 is 0. The normalized spacial score (nSPS) is 17.0. The number of amides is 1. The Hall–Kier alpha value is -1.88. The average molecular weight is 400 g/mol. The minimum absolute atomic E-state index is 0. The molecule has 4 rings (SSSR count). The number of carbonyl (C=O) groups excluding carboxylic acids is 1. The van der Waals surface area contributed by atoms with Gasteiger partial charge in [0.1, 0.15) is 0 Å². The van der Waals surface area contributed by atoms with E-state index in [0.29, 0.717) is 6.42 Å². The Balaban J connectivity index is 0.00000225. The van der Waals surface area contributed by atoms with E-state index in [2.05, 4.69) is 57.6 Å². The van der Waals surface area contributed by atoms with Crippen molar-refractivity contribution in [3.63, 3.8) is 0 Å². The smallest absolute Gasteiger partial charge is 0.225 e. The first-order valence-corrected chi connectivity index (χ1v) is 10.2. The minimum Gasteiger partial charge on any atom is -0.326 e. The fourth-order valence-corrected chi connectivity index (χ4v) is 4.15. The largest absolute Gasteiger partial charge is 0.326 e. The van der Waals surface area contributed by atoms with E-state index in [1.807, 2.05) is 6.07 Å². The minimum atomic E-state index is 0. The Bertz CT molecular complexity index is 773. The van der Waals surface area contributed by atoms with Gasteiger partial charge in [0.25, 0.3) is 0 Å². The Morgan fingerprint density at radius 3 is 2.39 bits per heavy atom. The highest BCUT2D eigenvalue weighted by Gasteiger charge is 2.18. The van der Waals surface area contributed by atoms with Gasteiger partial charge in [-0.3, -0.25) is 9.69 Å². The quantitative estimate of drug-likeness (QED) is 0.803. The summed E-state index contributed by atoms with van der Waals surface area (Å²) in [6.45, 7) is 6.09. The Morgan fingerprint density at radius 2 is 1.61 bits per heavy atom. The molecule has 0 bridgehead atoms. The summed E-state index contributed by atoms with van der Waals surface area (Å²) in [4.78, 5) is 17.2. The second-order valence-corrected chi connectivity index (χ2v) is 7.74. The number of aryl methyl sites for hydroxylation is 2. The number of piperazine rings is 1. The monoisotopic (exact) mass is 399 g/mol. The maximum atomic E-state index is 12.3. The second-order valence-electron chi connectivity index (χ2n) is 7.74. The van der Waals surface area contributed by atoms with Gasteiger partial charge in [0, 0.05) is 51.4 Å².